The number of methoxy groups -OCH3 is 2. The second-order valence-corrected chi connectivity index (χ2v) is 8.78. The fraction of sp³-hybridized carbons (Fsp3) is 0.304. The van der Waals surface area contributed by atoms with Crippen LogP contribution in [0, 0.1) is 13.8 Å². The average molecular weight is 424 g/mol. The number of carbonyl (C=O) groups is 1. The lowest BCUT2D eigenvalue weighted by Gasteiger charge is -2.21. The number of hydrogen-bond acceptors (Lipinski definition) is 5. The Labute approximate surface area is 180 Å². The van der Waals surface area contributed by atoms with Crippen molar-refractivity contribution in [3.8, 4) is 17.2 Å². The van der Waals surface area contributed by atoms with Crippen molar-refractivity contribution in [3.63, 3.8) is 0 Å². The van der Waals surface area contributed by atoms with Crippen molar-refractivity contribution in [1.82, 2.24) is 9.78 Å². The van der Waals surface area contributed by atoms with E-state index in [4.69, 9.17) is 14.6 Å². The third-order valence-corrected chi connectivity index (χ3v) is 6.67. The highest BCUT2D eigenvalue weighted by Crippen LogP contribution is 2.50. The average Bonchev–Trinajstić information content (AvgIpc) is 2.99. The fourth-order valence-electron chi connectivity index (χ4n) is 3.82. The highest BCUT2D eigenvalue weighted by molar-refractivity contribution is 8.01. The summed E-state index contributed by atoms with van der Waals surface area (Å²) in [5, 5.41) is 7.52. The molecule has 0 unspecified atom stereocenters. The summed E-state index contributed by atoms with van der Waals surface area (Å²) in [6.45, 7) is 5.94. The largest absolute Gasteiger partial charge is 0.493 e. The predicted molar refractivity (Wildman–Crippen MR) is 120 cm³/mol. The van der Waals surface area contributed by atoms with E-state index in [0.29, 0.717) is 17.3 Å². The molecule has 30 heavy (non-hydrogen) atoms. The molecule has 2 heterocycles. The summed E-state index contributed by atoms with van der Waals surface area (Å²) in [7, 11) is 3.27. The molecule has 156 valence electrons. The molecular formula is C23H25N3O3S. The molecule has 1 aromatic heterocycles. The minimum Gasteiger partial charge on any atom is -0.493 e. The van der Waals surface area contributed by atoms with Gasteiger partial charge in [-0.1, -0.05) is 24.3 Å². The zero-order valence-corrected chi connectivity index (χ0v) is 18.5. The van der Waals surface area contributed by atoms with E-state index < -0.39 is 0 Å². The first kappa shape index (κ1) is 20.3. The first-order valence-corrected chi connectivity index (χ1v) is 10.7. The molecule has 6 nitrogen and oxygen atoms in total. The number of amides is 1. The number of ether oxygens (including phenoxy) is 2. The summed E-state index contributed by atoms with van der Waals surface area (Å²) in [4.78, 5) is 12.9. The van der Waals surface area contributed by atoms with Gasteiger partial charge in [-0.15, -0.1) is 11.8 Å². The van der Waals surface area contributed by atoms with Gasteiger partial charge in [0.05, 0.1) is 36.1 Å². The maximum atomic E-state index is 12.9. The van der Waals surface area contributed by atoms with Crippen LogP contribution in [0.1, 0.15) is 34.6 Å². The van der Waals surface area contributed by atoms with Gasteiger partial charge in [0.2, 0.25) is 5.91 Å². The molecule has 1 aliphatic rings. The molecule has 7 heteroatoms. The van der Waals surface area contributed by atoms with E-state index in [1.54, 1.807) is 26.0 Å². The van der Waals surface area contributed by atoms with Gasteiger partial charge in [-0.2, -0.15) is 5.10 Å². The second-order valence-electron chi connectivity index (χ2n) is 7.33. The molecule has 0 fully saturated rings. The molecule has 1 N–H and O–H groups in total. The standard InChI is InChI=1S/C23H25N3O3S/c1-13-8-6-9-16(12-13)26-22-19(14(2)25-26)21(30-15(3)23(27)24-22)17-10-7-11-18(28-4)20(17)29-5/h6-12,15,21H,1-5H3,(H,24,27)/t15-,21+/m0/s1. The Bertz CT molecular complexity index is 1110. The Morgan fingerprint density at radius 2 is 1.87 bits per heavy atom. The van der Waals surface area contributed by atoms with Crippen LogP contribution in [0.4, 0.5) is 5.82 Å². The van der Waals surface area contributed by atoms with Crippen LogP contribution < -0.4 is 14.8 Å². The number of para-hydroxylation sites is 1. The Morgan fingerprint density at radius 3 is 2.57 bits per heavy atom. The summed E-state index contributed by atoms with van der Waals surface area (Å²) in [6.07, 6.45) is 0. The van der Waals surface area contributed by atoms with Gasteiger partial charge in [-0.3, -0.25) is 4.79 Å². The predicted octanol–water partition coefficient (Wildman–Crippen LogP) is 4.67. The van der Waals surface area contributed by atoms with E-state index >= 15 is 0 Å². The summed E-state index contributed by atoms with van der Waals surface area (Å²) in [6, 6.07) is 13.9. The molecule has 0 bridgehead atoms. The number of carbonyl (C=O) groups excluding carboxylic acids is 1. The molecule has 1 aliphatic heterocycles. The van der Waals surface area contributed by atoms with E-state index in [-0.39, 0.29) is 16.4 Å². The monoisotopic (exact) mass is 423 g/mol. The van der Waals surface area contributed by atoms with Crippen LogP contribution in [0.15, 0.2) is 42.5 Å². The van der Waals surface area contributed by atoms with Gasteiger partial charge in [0.15, 0.2) is 11.5 Å². The van der Waals surface area contributed by atoms with Crippen molar-refractivity contribution in [1.29, 1.82) is 0 Å². The van der Waals surface area contributed by atoms with Crippen molar-refractivity contribution in [3.05, 3.63) is 64.8 Å². The van der Waals surface area contributed by atoms with Gasteiger partial charge in [0, 0.05) is 11.1 Å². The Hall–Kier alpha value is -2.93. The lowest BCUT2D eigenvalue weighted by molar-refractivity contribution is -0.115. The van der Waals surface area contributed by atoms with Crippen molar-refractivity contribution < 1.29 is 14.3 Å². The van der Waals surface area contributed by atoms with Crippen LogP contribution in [0.25, 0.3) is 5.69 Å². The molecule has 1 amide bonds. The van der Waals surface area contributed by atoms with E-state index in [1.807, 2.05) is 61.9 Å². The van der Waals surface area contributed by atoms with E-state index in [2.05, 4.69) is 11.4 Å². The fourth-order valence-corrected chi connectivity index (χ4v) is 5.16. The molecule has 2 atom stereocenters. The Kier molecular flexibility index (Phi) is 5.47. The number of rotatable bonds is 4. The maximum Gasteiger partial charge on any atom is 0.238 e. The maximum absolute atomic E-state index is 12.9. The van der Waals surface area contributed by atoms with Crippen LogP contribution in [-0.2, 0) is 4.79 Å². The number of anilines is 1. The van der Waals surface area contributed by atoms with Gasteiger partial charge in [-0.25, -0.2) is 4.68 Å². The van der Waals surface area contributed by atoms with Gasteiger partial charge in [-0.05, 0) is 44.5 Å². The Balaban J connectivity index is 1.95. The molecule has 0 spiro atoms. The lowest BCUT2D eigenvalue weighted by atomic mass is 10.0. The van der Waals surface area contributed by atoms with Gasteiger partial charge >= 0.3 is 0 Å². The highest BCUT2D eigenvalue weighted by Gasteiger charge is 2.35. The quantitative estimate of drug-likeness (QED) is 0.661. The third kappa shape index (κ3) is 3.43. The van der Waals surface area contributed by atoms with Gasteiger partial charge in [0.25, 0.3) is 0 Å². The first-order valence-electron chi connectivity index (χ1n) is 9.78. The number of benzene rings is 2. The van der Waals surface area contributed by atoms with Crippen LogP contribution in [0.5, 0.6) is 11.5 Å². The number of thioether (sulfide) groups is 1. The number of aryl methyl sites for hydroxylation is 2. The number of nitrogens with one attached hydrogen (secondary N) is 1. The van der Waals surface area contributed by atoms with Crippen molar-refractivity contribution >= 4 is 23.5 Å². The minimum absolute atomic E-state index is 0.0422. The van der Waals surface area contributed by atoms with E-state index in [0.717, 1.165) is 28.1 Å². The SMILES string of the molecule is COc1cccc([C@H]2S[C@@H](C)C(=O)Nc3c2c(C)nn3-c2cccc(C)c2)c1OC. The van der Waals surface area contributed by atoms with E-state index in [9.17, 15) is 4.79 Å². The molecule has 0 aliphatic carbocycles. The Morgan fingerprint density at radius 1 is 1.10 bits per heavy atom. The highest BCUT2D eigenvalue weighted by atomic mass is 32.2. The smallest absolute Gasteiger partial charge is 0.238 e. The van der Waals surface area contributed by atoms with Crippen molar-refractivity contribution in [2.75, 3.05) is 19.5 Å². The van der Waals surface area contributed by atoms with Gasteiger partial charge in [0.1, 0.15) is 5.82 Å². The van der Waals surface area contributed by atoms with Crippen LogP contribution >= 0.6 is 11.8 Å². The number of fused-ring (bicyclic) bond motifs is 1. The third-order valence-electron chi connectivity index (χ3n) is 5.28. The van der Waals surface area contributed by atoms with Crippen molar-refractivity contribution in [2.45, 2.75) is 31.3 Å². The normalized spacial score (nSPS) is 18.4. The lowest BCUT2D eigenvalue weighted by Crippen LogP contribution is -2.22. The van der Waals surface area contributed by atoms with Crippen molar-refractivity contribution in [2.24, 2.45) is 0 Å². The summed E-state index contributed by atoms with van der Waals surface area (Å²) in [5.41, 5.74) is 4.84. The van der Waals surface area contributed by atoms with Crippen LogP contribution in [-0.4, -0.2) is 35.2 Å². The number of hydrogen-bond donors (Lipinski definition) is 1. The summed E-state index contributed by atoms with van der Waals surface area (Å²) >= 11 is 1.58. The van der Waals surface area contributed by atoms with Crippen LogP contribution in [0.2, 0.25) is 0 Å². The number of nitrogens with zero attached hydrogens (tertiary/aromatic N) is 2. The zero-order valence-electron chi connectivity index (χ0n) is 17.7. The molecule has 0 saturated carbocycles. The van der Waals surface area contributed by atoms with Crippen LogP contribution in [0.3, 0.4) is 0 Å². The zero-order chi connectivity index (χ0) is 21.4. The van der Waals surface area contributed by atoms with E-state index in [1.165, 1.54) is 0 Å². The molecule has 0 saturated heterocycles. The molecule has 4 rings (SSSR count). The molecule has 0 radical (unpaired) electrons. The molecule has 2 aromatic carbocycles. The first-order chi connectivity index (χ1) is 14.4. The minimum atomic E-state index is -0.247. The summed E-state index contributed by atoms with van der Waals surface area (Å²) < 4.78 is 13.1. The topological polar surface area (TPSA) is 65.4 Å². The summed E-state index contributed by atoms with van der Waals surface area (Å²) in [5.74, 6) is 2.00. The second kappa shape index (κ2) is 8.07. The molecular weight excluding hydrogens is 398 g/mol. The molecule has 3 aromatic rings. The van der Waals surface area contributed by atoms with Gasteiger partial charge < -0.3 is 14.8 Å². The number of aromatic nitrogens is 2.